The Morgan fingerprint density at radius 2 is 2.20 bits per heavy atom. The smallest absolute Gasteiger partial charge is 0.0986 e. The third-order valence-electron chi connectivity index (χ3n) is 3.00. The first kappa shape index (κ1) is 10.2. The zero-order valence-electron chi connectivity index (χ0n) is 9.16. The summed E-state index contributed by atoms with van der Waals surface area (Å²) in [5.41, 5.74) is 3.62. The number of hydrogen-bond acceptors (Lipinski definition) is 2. The summed E-state index contributed by atoms with van der Waals surface area (Å²) in [6.07, 6.45) is 0.837. The highest BCUT2D eigenvalue weighted by molar-refractivity contribution is 5.33. The van der Waals surface area contributed by atoms with Gasteiger partial charge in [0.25, 0.3) is 0 Å². The summed E-state index contributed by atoms with van der Waals surface area (Å²) in [7, 11) is 0. The molecule has 2 rings (SSSR count). The maximum Gasteiger partial charge on any atom is 0.0986 e. The number of nitrogens with zero attached hydrogens (tertiary/aromatic N) is 1. The van der Waals surface area contributed by atoms with Crippen LogP contribution >= 0.6 is 0 Å². The van der Waals surface area contributed by atoms with Crippen LogP contribution in [0.3, 0.4) is 0 Å². The number of nitriles is 1. The van der Waals surface area contributed by atoms with Crippen molar-refractivity contribution in [1.82, 2.24) is 0 Å². The van der Waals surface area contributed by atoms with Crippen LogP contribution in [0, 0.1) is 31.1 Å². The molecule has 1 fully saturated rings. The molecule has 1 aromatic rings. The van der Waals surface area contributed by atoms with Gasteiger partial charge in [0.2, 0.25) is 0 Å². The molecule has 0 N–H and O–H groups in total. The van der Waals surface area contributed by atoms with Crippen molar-refractivity contribution in [3.63, 3.8) is 0 Å². The van der Waals surface area contributed by atoms with E-state index in [9.17, 15) is 0 Å². The summed E-state index contributed by atoms with van der Waals surface area (Å²) >= 11 is 0. The normalized spacial score (nSPS) is 25.1. The van der Waals surface area contributed by atoms with Crippen LogP contribution in [0.15, 0.2) is 18.2 Å². The second-order valence-corrected chi connectivity index (χ2v) is 4.18. The van der Waals surface area contributed by atoms with Crippen molar-refractivity contribution in [2.24, 2.45) is 5.92 Å². The van der Waals surface area contributed by atoms with E-state index in [1.807, 2.05) is 0 Å². The zero-order valence-corrected chi connectivity index (χ0v) is 9.16. The van der Waals surface area contributed by atoms with Crippen LogP contribution in [-0.4, -0.2) is 6.61 Å². The molecule has 2 heteroatoms. The van der Waals surface area contributed by atoms with Crippen molar-refractivity contribution in [2.45, 2.75) is 26.4 Å². The Labute approximate surface area is 90.5 Å². The van der Waals surface area contributed by atoms with Crippen LogP contribution in [0.4, 0.5) is 0 Å². The fourth-order valence-electron chi connectivity index (χ4n) is 2.09. The number of hydrogen-bond donors (Lipinski definition) is 0. The molecule has 0 aromatic heterocycles. The van der Waals surface area contributed by atoms with Gasteiger partial charge < -0.3 is 4.74 Å². The lowest BCUT2D eigenvalue weighted by atomic mass is 9.92. The summed E-state index contributed by atoms with van der Waals surface area (Å²) in [6.45, 7) is 4.85. The second-order valence-electron chi connectivity index (χ2n) is 4.18. The minimum Gasteiger partial charge on any atom is -0.372 e. The third-order valence-corrected chi connectivity index (χ3v) is 3.00. The van der Waals surface area contributed by atoms with Gasteiger partial charge in [-0.2, -0.15) is 5.26 Å². The van der Waals surface area contributed by atoms with E-state index in [1.54, 1.807) is 0 Å². The van der Waals surface area contributed by atoms with Gasteiger partial charge in [0.05, 0.1) is 18.1 Å². The standard InChI is InChI=1S/C13H15NO/c1-9-3-4-10(2)12(7-9)13-11(8-14)5-6-15-13/h3-4,7,11,13H,5-6H2,1-2H3. The quantitative estimate of drug-likeness (QED) is 0.700. The van der Waals surface area contributed by atoms with Gasteiger partial charge >= 0.3 is 0 Å². The van der Waals surface area contributed by atoms with Crippen molar-refractivity contribution in [1.29, 1.82) is 5.26 Å². The van der Waals surface area contributed by atoms with Gasteiger partial charge in [0.1, 0.15) is 0 Å². The molecule has 1 aliphatic rings. The Kier molecular flexibility index (Phi) is 2.75. The Morgan fingerprint density at radius 1 is 1.40 bits per heavy atom. The van der Waals surface area contributed by atoms with E-state index in [0.29, 0.717) is 6.61 Å². The molecule has 78 valence electrons. The average Bonchev–Trinajstić information content (AvgIpc) is 2.69. The first-order chi connectivity index (χ1) is 7.22. The molecule has 0 amide bonds. The fraction of sp³-hybridized carbons (Fsp3) is 0.462. The number of aryl methyl sites for hydroxylation is 2. The van der Waals surface area contributed by atoms with E-state index >= 15 is 0 Å². The van der Waals surface area contributed by atoms with Crippen LogP contribution in [-0.2, 0) is 4.74 Å². The van der Waals surface area contributed by atoms with Crippen LogP contribution in [0.5, 0.6) is 0 Å². The van der Waals surface area contributed by atoms with Crippen LogP contribution in [0.1, 0.15) is 29.2 Å². The highest BCUT2D eigenvalue weighted by Crippen LogP contribution is 2.35. The molecular formula is C13H15NO. The van der Waals surface area contributed by atoms with Gasteiger partial charge in [-0.25, -0.2) is 0 Å². The molecule has 1 aliphatic heterocycles. The topological polar surface area (TPSA) is 33.0 Å². The van der Waals surface area contributed by atoms with E-state index in [-0.39, 0.29) is 12.0 Å². The van der Waals surface area contributed by atoms with Crippen LogP contribution in [0.2, 0.25) is 0 Å². The van der Waals surface area contributed by atoms with Crippen LogP contribution < -0.4 is 0 Å². The lowest BCUT2D eigenvalue weighted by molar-refractivity contribution is 0.100. The zero-order chi connectivity index (χ0) is 10.8. The minimum atomic E-state index is -0.0186. The Bertz CT molecular complexity index is 405. The third kappa shape index (κ3) is 1.88. The molecule has 2 unspecified atom stereocenters. The molecule has 0 radical (unpaired) electrons. The Balaban J connectivity index is 2.36. The minimum absolute atomic E-state index is 0.0186. The van der Waals surface area contributed by atoms with Crippen molar-refractivity contribution in [3.05, 3.63) is 34.9 Å². The molecule has 2 nitrogen and oxygen atoms in total. The largest absolute Gasteiger partial charge is 0.372 e. The monoisotopic (exact) mass is 201 g/mol. The van der Waals surface area contributed by atoms with E-state index < -0.39 is 0 Å². The summed E-state index contributed by atoms with van der Waals surface area (Å²) in [4.78, 5) is 0. The summed E-state index contributed by atoms with van der Waals surface area (Å²) in [6, 6.07) is 8.66. The maximum atomic E-state index is 9.03. The molecule has 0 spiro atoms. The SMILES string of the molecule is Cc1ccc(C)c(C2OCCC2C#N)c1. The molecule has 2 atom stereocenters. The summed E-state index contributed by atoms with van der Waals surface area (Å²) in [5.74, 6) is 0.0190. The summed E-state index contributed by atoms with van der Waals surface area (Å²) < 4.78 is 5.66. The van der Waals surface area contributed by atoms with Gasteiger partial charge in [-0.1, -0.05) is 23.8 Å². The molecule has 15 heavy (non-hydrogen) atoms. The van der Waals surface area contributed by atoms with Gasteiger partial charge in [-0.3, -0.25) is 0 Å². The summed E-state index contributed by atoms with van der Waals surface area (Å²) in [5, 5.41) is 9.03. The van der Waals surface area contributed by atoms with E-state index in [0.717, 1.165) is 6.42 Å². The lowest BCUT2D eigenvalue weighted by Crippen LogP contribution is -2.07. The van der Waals surface area contributed by atoms with Gasteiger partial charge in [-0.05, 0) is 31.4 Å². The number of rotatable bonds is 1. The highest BCUT2D eigenvalue weighted by Gasteiger charge is 2.30. The molecule has 0 bridgehead atoms. The van der Waals surface area contributed by atoms with Crippen molar-refractivity contribution < 1.29 is 4.74 Å². The number of benzene rings is 1. The number of ether oxygens (including phenoxy) is 1. The van der Waals surface area contributed by atoms with Gasteiger partial charge in [0.15, 0.2) is 0 Å². The Hall–Kier alpha value is -1.33. The molecule has 1 heterocycles. The predicted octanol–water partition coefficient (Wildman–Crippen LogP) is 2.90. The molecule has 1 saturated heterocycles. The second kappa shape index (κ2) is 4.04. The Morgan fingerprint density at radius 3 is 2.93 bits per heavy atom. The lowest BCUT2D eigenvalue weighted by Gasteiger charge is -2.16. The van der Waals surface area contributed by atoms with Gasteiger partial charge in [-0.15, -0.1) is 0 Å². The molecule has 0 saturated carbocycles. The van der Waals surface area contributed by atoms with Crippen molar-refractivity contribution >= 4 is 0 Å². The van der Waals surface area contributed by atoms with Crippen molar-refractivity contribution in [3.8, 4) is 6.07 Å². The van der Waals surface area contributed by atoms with Crippen molar-refractivity contribution in [2.75, 3.05) is 6.61 Å². The average molecular weight is 201 g/mol. The maximum absolute atomic E-state index is 9.03. The van der Waals surface area contributed by atoms with E-state index in [2.05, 4.69) is 38.1 Å². The molecule has 0 aliphatic carbocycles. The van der Waals surface area contributed by atoms with E-state index in [4.69, 9.17) is 10.00 Å². The van der Waals surface area contributed by atoms with E-state index in [1.165, 1.54) is 16.7 Å². The molecular weight excluding hydrogens is 186 g/mol. The highest BCUT2D eigenvalue weighted by atomic mass is 16.5. The van der Waals surface area contributed by atoms with Gasteiger partial charge in [0, 0.05) is 6.61 Å². The predicted molar refractivity (Wildman–Crippen MR) is 58.3 cm³/mol. The first-order valence-corrected chi connectivity index (χ1v) is 5.30. The molecule has 1 aromatic carbocycles. The first-order valence-electron chi connectivity index (χ1n) is 5.30. The van der Waals surface area contributed by atoms with Crippen LogP contribution in [0.25, 0.3) is 0 Å². The fourth-order valence-corrected chi connectivity index (χ4v) is 2.09.